The molecule has 0 bridgehead atoms. The summed E-state index contributed by atoms with van der Waals surface area (Å²) in [5, 5.41) is 2.54. The van der Waals surface area contributed by atoms with Crippen LogP contribution in [0.1, 0.15) is 20.3 Å². The second kappa shape index (κ2) is 3.88. The molecule has 0 aromatic heterocycles. The molecule has 0 aromatic rings. The lowest BCUT2D eigenvalue weighted by Gasteiger charge is -2.18. The fourth-order valence-electron chi connectivity index (χ4n) is 1.32. The molecule has 15 heavy (non-hydrogen) atoms. The Morgan fingerprint density at radius 2 is 2.13 bits per heavy atom. The Hall–Kier alpha value is -1.59. The topological polar surface area (TPSA) is 75.7 Å². The van der Waals surface area contributed by atoms with Gasteiger partial charge in [-0.3, -0.25) is 14.5 Å². The van der Waals surface area contributed by atoms with Gasteiger partial charge in [-0.05, 0) is 13.3 Å². The fourth-order valence-corrected chi connectivity index (χ4v) is 1.32. The van der Waals surface area contributed by atoms with Gasteiger partial charge >= 0.3 is 12.0 Å². The Balaban J connectivity index is 2.80. The first kappa shape index (κ1) is 11.5. The van der Waals surface area contributed by atoms with Gasteiger partial charge in [-0.1, -0.05) is 6.92 Å². The van der Waals surface area contributed by atoms with Gasteiger partial charge in [-0.25, -0.2) is 4.79 Å². The highest BCUT2D eigenvalue weighted by molar-refractivity contribution is 6.08. The average molecular weight is 214 g/mol. The van der Waals surface area contributed by atoms with Crippen molar-refractivity contribution in [2.24, 2.45) is 0 Å². The molecule has 1 fully saturated rings. The molecule has 0 saturated carbocycles. The van der Waals surface area contributed by atoms with Crippen LogP contribution in [0.3, 0.4) is 0 Å². The molecular weight excluding hydrogens is 200 g/mol. The molecule has 3 amide bonds. The monoisotopic (exact) mass is 214 g/mol. The van der Waals surface area contributed by atoms with Gasteiger partial charge in [0.25, 0.3) is 5.91 Å². The zero-order chi connectivity index (χ0) is 11.6. The van der Waals surface area contributed by atoms with Crippen LogP contribution in [0.2, 0.25) is 0 Å². The quantitative estimate of drug-likeness (QED) is 0.525. The van der Waals surface area contributed by atoms with Crippen LogP contribution in [0, 0.1) is 0 Å². The molecule has 0 spiro atoms. The molecule has 0 aliphatic carbocycles. The van der Waals surface area contributed by atoms with Crippen molar-refractivity contribution in [3.63, 3.8) is 0 Å². The van der Waals surface area contributed by atoms with Crippen molar-refractivity contribution in [2.75, 3.05) is 13.7 Å². The predicted octanol–water partition coefficient (Wildman–Crippen LogP) is -0.120. The standard InChI is InChI=1S/C9H14N2O4/c1-4-9(2)7(13)11(8(14)10-9)5-6(12)15-3/h4-5H2,1-3H3,(H,10,14). The average Bonchev–Trinajstić information content (AvgIpc) is 2.42. The summed E-state index contributed by atoms with van der Waals surface area (Å²) in [6, 6.07) is -0.547. The van der Waals surface area contributed by atoms with E-state index in [0.29, 0.717) is 6.42 Å². The first-order valence-corrected chi connectivity index (χ1v) is 4.65. The van der Waals surface area contributed by atoms with Crippen molar-refractivity contribution in [3.05, 3.63) is 0 Å². The number of rotatable bonds is 3. The first-order valence-electron chi connectivity index (χ1n) is 4.65. The molecule has 1 rings (SSSR count). The van der Waals surface area contributed by atoms with Gasteiger partial charge in [0.05, 0.1) is 7.11 Å². The Labute approximate surface area is 87.6 Å². The molecule has 1 atom stereocenters. The minimum absolute atomic E-state index is 0.337. The van der Waals surface area contributed by atoms with Crippen LogP contribution in [-0.4, -0.2) is 42.0 Å². The number of amides is 3. The SMILES string of the molecule is CCC1(C)NC(=O)N(CC(=O)OC)C1=O. The van der Waals surface area contributed by atoms with Crippen LogP contribution in [0.15, 0.2) is 0 Å². The Bertz CT molecular complexity index is 315. The molecule has 1 heterocycles. The Morgan fingerprint density at radius 1 is 1.53 bits per heavy atom. The van der Waals surface area contributed by atoms with Gasteiger partial charge in [0.1, 0.15) is 12.1 Å². The normalized spacial score (nSPS) is 25.4. The van der Waals surface area contributed by atoms with E-state index in [1.807, 2.05) is 0 Å². The lowest BCUT2D eigenvalue weighted by Crippen LogP contribution is -2.43. The summed E-state index contributed by atoms with van der Waals surface area (Å²) < 4.78 is 4.40. The van der Waals surface area contributed by atoms with Gasteiger partial charge in [-0.15, -0.1) is 0 Å². The zero-order valence-electron chi connectivity index (χ0n) is 8.99. The summed E-state index contributed by atoms with van der Waals surface area (Å²) in [6.45, 7) is 3.08. The lowest BCUT2D eigenvalue weighted by atomic mass is 9.99. The van der Waals surface area contributed by atoms with E-state index >= 15 is 0 Å². The highest BCUT2D eigenvalue weighted by Gasteiger charge is 2.47. The van der Waals surface area contributed by atoms with Crippen LogP contribution < -0.4 is 5.32 Å². The number of imide groups is 1. The molecule has 84 valence electrons. The van der Waals surface area contributed by atoms with E-state index in [4.69, 9.17) is 0 Å². The second-order valence-corrected chi connectivity index (χ2v) is 3.58. The maximum absolute atomic E-state index is 11.8. The van der Waals surface area contributed by atoms with Crippen LogP contribution >= 0.6 is 0 Å². The zero-order valence-corrected chi connectivity index (χ0v) is 8.99. The first-order chi connectivity index (χ1) is 6.94. The number of esters is 1. The van der Waals surface area contributed by atoms with Crippen molar-refractivity contribution in [1.82, 2.24) is 10.2 Å². The van der Waals surface area contributed by atoms with Crippen LogP contribution in [0.5, 0.6) is 0 Å². The summed E-state index contributed by atoms with van der Waals surface area (Å²) >= 11 is 0. The summed E-state index contributed by atoms with van der Waals surface area (Å²) in [5.41, 5.74) is -0.898. The number of nitrogens with zero attached hydrogens (tertiary/aromatic N) is 1. The number of hydrogen-bond donors (Lipinski definition) is 1. The third kappa shape index (κ3) is 1.93. The van der Waals surface area contributed by atoms with Crippen molar-refractivity contribution in [3.8, 4) is 0 Å². The third-order valence-corrected chi connectivity index (χ3v) is 2.57. The lowest BCUT2D eigenvalue weighted by molar-refractivity contribution is -0.145. The van der Waals surface area contributed by atoms with Gasteiger partial charge < -0.3 is 10.1 Å². The molecule has 0 aromatic carbocycles. The third-order valence-electron chi connectivity index (χ3n) is 2.57. The number of hydrogen-bond acceptors (Lipinski definition) is 4. The number of carbonyl (C=O) groups is 3. The predicted molar refractivity (Wildman–Crippen MR) is 51.0 cm³/mol. The minimum atomic E-state index is -0.898. The molecule has 1 aliphatic rings. The van der Waals surface area contributed by atoms with Crippen molar-refractivity contribution < 1.29 is 19.1 Å². The van der Waals surface area contributed by atoms with Crippen LogP contribution in [-0.2, 0) is 14.3 Å². The van der Waals surface area contributed by atoms with Gasteiger partial charge in [0, 0.05) is 0 Å². The molecule has 1 unspecified atom stereocenters. The van der Waals surface area contributed by atoms with E-state index in [-0.39, 0.29) is 12.5 Å². The van der Waals surface area contributed by atoms with Gasteiger partial charge in [0.2, 0.25) is 0 Å². The van der Waals surface area contributed by atoms with Crippen LogP contribution in [0.4, 0.5) is 4.79 Å². The van der Waals surface area contributed by atoms with E-state index in [1.54, 1.807) is 13.8 Å². The fraction of sp³-hybridized carbons (Fsp3) is 0.667. The summed E-state index contributed by atoms with van der Waals surface area (Å²) in [5.74, 6) is -1.00. The smallest absolute Gasteiger partial charge is 0.325 e. The number of ether oxygens (including phenoxy) is 1. The number of methoxy groups -OCH3 is 1. The van der Waals surface area contributed by atoms with E-state index in [0.717, 1.165) is 4.90 Å². The molecule has 6 nitrogen and oxygen atoms in total. The van der Waals surface area contributed by atoms with E-state index in [9.17, 15) is 14.4 Å². The summed E-state index contributed by atoms with van der Waals surface area (Å²) in [4.78, 5) is 35.0. The highest BCUT2D eigenvalue weighted by Crippen LogP contribution is 2.20. The summed E-state index contributed by atoms with van der Waals surface area (Å²) in [7, 11) is 1.21. The molecular formula is C9H14N2O4. The number of nitrogens with one attached hydrogen (secondary N) is 1. The maximum atomic E-state index is 11.8. The summed E-state index contributed by atoms with van der Waals surface area (Å²) in [6.07, 6.45) is 0.481. The minimum Gasteiger partial charge on any atom is -0.468 e. The van der Waals surface area contributed by atoms with E-state index < -0.39 is 17.5 Å². The molecule has 1 N–H and O–H groups in total. The van der Waals surface area contributed by atoms with Gasteiger partial charge in [-0.2, -0.15) is 0 Å². The Kier molecular flexibility index (Phi) is 2.97. The molecule has 0 radical (unpaired) electrons. The highest BCUT2D eigenvalue weighted by atomic mass is 16.5. The second-order valence-electron chi connectivity index (χ2n) is 3.58. The van der Waals surface area contributed by atoms with Gasteiger partial charge in [0.15, 0.2) is 0 Å². The molecule has 1 aliphatic heterocycles. The van der Waals surface area contributed by atoms with Crippen molar-refractivity contribution in [2.45, 2.75) is 25.8 Å². The van der Waals surface area contributed by atoms with Crippen molar-refractivity contribution in [1.29, 1.82) is 0 Å². The maximum Gasteiger partial charge on any atom is 0.325 e. The van der Waals surface area contributed by atoms with Crippen molar-refractivity contribution >= 4 is 17.9 Å². The largest absolute Gasteiger partial charge is 0.468 e. The van der Waals surface area contributed by atoms with Crippen LogP contribution in [0.25, 0.3) is 0 Å². The molecule has 1 saturated heterocycles. The van der Waals surface area contributed by atoms with E-state index in [2.05, 4.69) is 10.1 Å². The number of urea groups is 1. The van der Waals surface area contributed by atoms with E-state index in [1.165, 1.54) is 7.11 Å². The Morgan fingerprint density at radius 3 is 2.53 bits per heavy atom. The number of carbonyl (C=O) groups excluding carboxylic acids is 3. The molecule has 6 heteroatoms.